The fourth-order valence-electron chi connectivity index (χ4n) is 4.43. The second-order valence-electron chi connectivity index (χ2n) is 8.69. The van der Waals surface area contributed by atoms with Crippen LogP contribution in [0.5, 0.6) is 0 Å². The van der Waals surface area contributed by atoms with Crippen molar-refractivity contribution in [3.63, 3.8) is 0 Å². The van der Waals surface area contributed by atoms with Gasteiger partial charge in [0.05, 0.1) is 23.7 Å². The van der Waals surface area contributed by atoms with Crippen LogP contribution >= 0.6 is 0 Å². The first-order chi connectivity index (χ1) is 18.0. The number of carbonyl (C=O) groups excluding carboxylic acids is 1. The fraction of sp³-hybridized carbons (Fsp3) is 0.241. The molecule has 2 N–H and O–H groups in total. The SMILES string of the molecule is CCCc1nc2c(C)cc(N/C(=N\C#N)NC)cc2n1Cc1ccc(-c2ccccc2C(=O)OC)cc1. The summed E-state index contributed by atoms with van der Waals surface area (Å²) in [4.78, 5) is 21.0. The van der Waals surface area contributed by atoms with E-state index in [0.29, 0.717) is 18.1 Å². The largest absolute Gasteiger partial charge is 0.465 e. The number of carbonyl (C=O) groups is 1. The van der Waals surface area contributed by atoms with E-state index >= 15 is 0 Å². The molecule has 0 radical (unpaired) electrons. The van der Waals surface area contributed by atoms with Crippen molar-refractivity contribution in [2.75, 3.05) is 19.5 Å². The quantitative estimate of drug-likeness (QED) is 0.157. The summed E-state index contributed by atoms with van der Waals surface area (Å²) in [7, 11) is 3.11. The number of ether oxygens (including phenoxy) is 1. The number of hydrogen-bond acceptors (Lipinski definition) is 5. The second kappa shape index (κ2) is 11.4. The summed E-state index contributed by atoms with van der Waals surface area (Å²) in [5.74, 6) is 1.05. The van der Waals surface area contributed by atoms with Crippen LogP contribution in [0.2, 0.25) is 0 Å². The molecule has 37 heavy (non-hydrogen) atoms. The van der Waals surface area contributed by atoms with Gasteiger partial charge in [-0.25, -0.2) is 9.78 Å². The zero-order valence-electron chi connectivity index (χ0n) is 21.5. The molecule has 0 unspecified atom stereocenters. The minimum absolute atomic E-state index is 0.352. The Bertz CT molecular complexity index is 1500. The number of rotatable bonds is 7. The van der Waals surface area contributed by atoms with Crippen LogP contribution in [0.1, 0.15) is 40.7 Å². The minimum atomic E-state index is -0.352. The summed E-state index contributed by atoms with van der Waals surface area (Å²) in [6.07, 6.45) is 3.65. The predicted molar refractivity (Wildman–Crippen MR) is 147 cm³/mol. The number of benzene rings is 3. The van der Waals surface area contributed by atoms with Crippen molar-refractivity contribution in [2.24, 2.45) is 4.99 Å². The van der Waals surface area contributed by atoms with Crippen LogP contribution in [0.15, 0.2) is 65.7 Å². The number of methoxy groups -OCH3 is 1. The lowest BCUT2D eigenvalue weighted by atomic mass is 9.98. The highest BCUT2D eigenvalue weighted by Gasteiger charge is 2.16. The Morgan fingerprint density at radius 3 is 2.59 bits per heavy atom. The summed E-state index contributed by atoms with van der Waals surface area (Å²) >= 11 is 0. The molecule has 1 aromatic heterocycles. The number of hydrogen-bond donors (Lipinski definition) is 2. The maximum absolute atomic E-state index is 12.2. The fourth-order valence-corrected chi connectivity index (χ4v) is 4.43. The highest BCUT2D eigenvalue weighted by Crippen LogP contribution is 2.28. The third-order valence-electron chi connectivity index (χ3n) is 6.20. The number of fused-ring (bicyclic) bond motifs is 1. The molecular weight excluding hydrogens is 464 g/mol. The Morgan fingerprint density at radius 2 is 1.92 bits per heavy atom. The zero-order valence-corrected chi connectivity index (χ0v) is 21.5. The van der Waals surface area contributed by atoms with Gasteiger partial charge in [-0.2, -0.15) is 5.26 Å². The number of anilines is 1. The third kappa shape index (κ3) is 5.46. The number of aryl methyl sites for hydroxylation is 2. The maximum Gasteiger partial charge on any atom is 0.338 e. The number of nitrogens with one attached hydrogen (secondary N) is 2. The summed E-state index contributed by atoms with van der Waals surface area (Å²) < 4.78 is 7.20. The van der Waals surface area contributed by atoms with E-state index in [2.05, 4.69) is 39.2 Å². The third-order valence-corrected chi connectivity index (χ3v) is 6.20. The molecule has 0 spiro atoms. The first kappa shape index (κ1) is 25.5. The van der Waals surface area contributed by atoms with Gasteiger partial charge in [-0.1, -0.05) is 49.4 Å². The van der Waals surface area contributed by atoms with Crippen LogP contribution in [0.25, 0.3) is 22.2 Å². The van der Waals surface area contributed by atoms with Crippen LogP contribution in [-0.4, -0.2) is 35.6 Å². The normalized spacial score (nSPS) is 11.3. The highest BCUT2D eigenvalue weighted by molar-refractivity contribution is 5.97. The number of nitrogens with zero attached hydrogens (tertiary/aromatic N) is 4. The average Bonchev–Trinajstić information content (AvgIpc) is 3.26. The predicted octanol–water partition coefficient (Wildman–Crippen LogP) is 5.27. The monoisotopic (exact) mass is 494 g/mol. The van der Waals surface area contributed by atoms with E-state index < -0.39 is 0 Å². The Balaban J connectivity index is 1.71. The van der Waals surface area contributed by atoms with E-state index in [1.807, 2.05) is 49.4 Å². The molecule has 0 fully saturated rings. The summed E-state index contributed by atoms with van der Waals surface area (Å²) in [5, 5.41) is 15.0. The molecule has 1 heterocycles. The molecule has 3 aromatic carbocycles. The molecule has 0 saturated heterocycles. The first-order valence-electron chi connectivity index (χ1n) is 12.2. The lowest BCUT2D eigenvalue weighted by Gasteiger charge is -2.13. The maximum atomic E-state index is 12.2. The standard InChI is InChI=1S/C29H30N6O2/c1-5-8-26-34-27-19(2)15-22(33-29(31-3)32-18-30)16-25(27)35(26)17-20-11-13-21(14-12-20)23-9-6-7-10-24(23)28(36)37-4/h6-7,9-16H,5,8,17H2,1-4H3,(H2,31,32,33). The van der Waals surface area contributed by atoms with E-state index in [4.69, 9.17) is 15.0 Å². The van der Waals surface area contributed by atoms with Crippen LogP contribution < -0.4 is 10.6 Å². The number of esters is 1. The van der Waals surface area contributed by atoms with Crippen molar-refractivity contribution < 1.29 is 9.53 Å². The lowest BCUT2D eigenvalue weighted by Crippen LogP contribution is -2.26. The molecule has 0 bridgehead atoms. The molecule has 0 aliphatic heterocycles. The number of aliphatic imine (C=N–C) groups is 1. The van der Waals surface area contributed by atoms with Crippen LogP contribution in [0.3, 0.4) is 0 Å². The van der Waals surface area contributed by atoms with Crippen molar-refractivity contribution in [3.05, 3.63) is 83.2 Å². The molecule has 188 valence electrons. The lowest BCUT2D eigenvalue weighted by molar-refractivity contribution is 0.0601. The number of imidazole rings is 1. The molecular formula is C29H30N6O2. The Labute approximate surface area is 216 Å². The number of aromatic nitrogens is 2. The van der Waals surface area contributed by atoms with Gasteiger partial charge in [0.25, 0.3) is 0 Å². The summed E-state index contributed by atoms with van der Waals surface area (Å²) in [6, 6.07) is 19.7. The van der Waals surface area contributed by atoms with E-state index in [1.54, 1.807) is 19.3 Å². The number of nitriles is 1. The van der Waals surface area contributed by atoms with Gasteiger partial charge in [0.15, 0.2) is 0 Å². The van der Waals surface area contributed by atoms with Crippen LogP contribution in [0.4, 0.5) is 5.69 Å². The van der Waals surface area contributed by atoms with E-state index in [1.165, 1.54) is 7.11 Å². The molecule has 0 atom stereocenters. The highest BCUT2D eigenvalue weighted by atomic mass is 16.5. The van der Waals surface area contributed by atoms with E-state index in [-0.39, 0.29) is 5.97 Å². The van der Waals surface area contributed by atoms with Gasteiger partial charge in [0, 0.05) is 25.7 Å². The Kier molecular flexibility index (Phi) is 7.84. The molecule has 0 aliphatic carbocycles. The molecule has 0 aliphatic rings. The molecule has 0 saturated carbocycles. The van der Waals surface area contributed by atoms with Crippen molar-refractivity contribution >= 4 is 28.6 Å². The summed E-state index contributed by atoms with van der Waals surface area (Å²) in [6.45, 7) is 4.84. The second-order valence-corrected chi connectivity index (χ2v) is 8.69. The van der Waals surface area contributed by atoms with Crippen molar-refractivity contribution in [2.45, 2.75) is 33.2 Å². The van der Waals surface area contributed by atoms with Crippen molar-refractivity contribution in [1.82, 2.24) is 14.9 Å². The molecule has 0 amide bonds. The van der Waals surface area contributed by atoms with Gasteiger partial charge in [-0.3, -0.25) is 0 Å². The van der Waals surface area contributed by atoms with E-state index in [9.17, 15) is 4.79 Å². The van der Waals surface area contributed by atoms with Gasteiger partial charge >= 0.3 is 5.97 Å². The van der Waals surface area contributed by atoms with Gasteiger partial charge in [-0.15, -0.1) is 4.99 Å². The van der Waals surface area contributed by atoms with Crippen molar-refractivity contribution in [3.8, 4) is 17.3 Å². The van der Waals surface area contributed by atoms with Crippen LogP contribution in [-0.2, 0) is 17.7 Å². The van der Waals surface area contributed by atoms with Gasteiger partial charge in [0.2, 0.25) is 12.2 Å². The van der Waals surface area contributed by atoms with Crippen LogP contribution in [0, 0.1) is 18.4 Å². The average molecular weight is 495 g/mol. The van der Waals surface area contributed by atoms with E-state index in [0.717, 1.165) is 57.6 Å². The first-order valence-corrected chi connectivity index (χ1v) is 12.2. The zero-order chi connectivity index (χ0) is 26.4. The topological polar surface area (TPSA) is 104 Å². The van der Waals surface area contributed by atoms with Crippen molar-refractivity contribution in [1.29, 1.82) is 5.26 Å². The number of guanidine groups is 1. The van der Waals surface area contributed by atoms with Gasteiger partial charge in [-0.05, 0) is 53.8 Å². The Morgan fingerprint density at radius 1 is 1.16 bits per heavy atom. The van der Waals surface area contributed by atoms with Gasteiger partial charge < -0.3 is 19.9 Å². The molecule has 8 nitrogen and oxygen atoms in total. The summed E-state index contributed by atoms with van der Waals surface area (Å²) in [5.41, 5.74) is 7.29. The smallest absolute Gasteiger partial charge is 0.338 e. The molecule has 4 rings (SSSR count). The molecule has 8 heteroatoms. The van der Waals surface area contributed by atoms with Gasteiger partial charge in [0.1, 0.15) is 5.82 Å². The molecule has 4 aromatic rings. The minimum Gasteiger partial charge on any atom is -0.465 e. The Hall–Kier alpha value is -4.64.